The largest absolute Gasteiger partial charge is 0.356 e. The van der Waals surface area contributed by atoms with Crippen molar-refractivity contribution in [1.29, 1.82) is 0 Å². The summed E-state index contributed by atoms with van der Waals surface area (Å²) in [7, 11) is 0.637. The van der Waals surface area contributed by atoms with E-state index in [-0.39, 0.29) is 24.0 Å². The number of halogens is 1. The van der Waals surface area contributed by atoms with Gasteiger partial charge in [-0.1, -0.05) is 38.1 Å². The van der Waals surface area contributed by atoms with Crippen LogP contribution in [0.5, 0.6) is 0 Å². The number of aryl methyl sites for hydroxylation is 1. The topological polar surface area (TPSA) is 65.0 Å². The van der Waals surface area contributed by atoms with Gasteiger partial charge in [-0.3, -0.25) is 4.99 Å². The summed E-state index contributed by atoms with van der Waals surface area (Å²) in [4.78, 5) is 6.37. The van der Waals surface area contributed by atoms with Crippen LogP contribution in [0, 0.1) is 0 Å². The Morgan fingerprint density at radius 1 is 1.15 bits per heavy atom. The van der Waals surface area contributed by atoms with Crippen LogP contribution in [0.3, 0.4) is 0 Å². The Balaban J connectivity index is 0.00000625. The quantitative estimate of drug-likeness (QED) is 0.247. The van der Waals surface area contributed by atoms with Crippen molar-refractivity contribution < 1.29 is 8.42 Å². The summed E-state index contributed by atoms with van der Waals surface area (Å²) in [6.45, 7) is 6.47. The van der Waals surface area contributed by atoms with Crippen molar-refractivity contribution in [1.82, 2.24) is 14.5 Å². The molecular weight excluding hydrogens is 463 g/mol. The van der Waals surface area contributed by atoms with Crippen LogP contribution in [-0.2, 0) is 23.0 Å². The maximum Gasteiger partial charge on any atom is 0.211 e. The fourth-order valence-electron chi connectivity index (χ4n) is 2.63. The molecule has 26 heavy (non-hydrogen) atoms. The zero-order valence-electron chi connectivity index (χ0n) is 16.5. The first-order valence-corrected chi connectivity index (χ1v) is 10.6. The second kappa shape index (κ2) is 12.5. The minimum Gasteiger partial charge on any atom is -0.356 e. The highest BCUT2D eigenvalue weighted by Gasteiger charge is 2.13. The summed E-state index contributed by atoms with van der Waals surface area (Å²) in [5.74, 6) is 0.807. The van der Waals surface area contributed by atoms with Crippen molar-refractivity contribution in [2.75, 3.05) is 40.0 Å². The third kappa shape index (κ3) is 8.68. The van der Waals surface area contributed by atoms with Crippen LogP contribution in [0.25, 0.3) is 0 Å². The molecule has 0 saturated carbocycles. The molecule has 1 rings (SSSR count). The molecule has 1 aromatic rings. The van der Waals surface area contributed by atoms with Crippen LogP contribution in [0.4, 0.5) is 0 Å². The monoisotopic (exact) mass is 496 g/mol. The van der Waals surface area contributed by atoms with E-state index in [1.54, 1.807) is 7.05 Å². The minimum absolute atomic E-state index is 0. The summed E-state index contributed by atoms with van der Waals surface area (Å²) in [5.41, 5.74) is 2.57. The maximum atomic E-state index is 11.6. The summed E-state index contributed by atoms with van der Waals surface area (Å²) < 4.78 is 24.6. The number of hydrogen-bond donors (Lipinski definition) is 1. The van der Waals surface area contributed by atoms with E-state index in [2.05, 4.69) is 46.4 Å². The number of hydrogen-bond acceptors (Lipinski definition) is 3. The third-order valence-electron chi connectivity index (χ3n) is 4.11. The van der Waals surface area contributed by atoms with Crippen LogP contribution in [0.2, 0.25) is 0 Å². The third-order valence-corrected chi connectivity index (χ3v) is 5.49. The Morgan fingerprint density at radius 2 is 1.73 bits per heavy atom. The van der Waals surface area contributed by atoms with Gasteiger partial charge in [-0.25, -0.2) is 12.7 Å². The van der Waals surface area contributed by atoms with E-state index in [4.69, 9.17) is 0 Å². The predicted molar refractivity (Wildman–Crippen MR) is 121 cm³/mol. The first-order chi connectivity index (χ1) is 11.8. The van der Waals surface area contributed by atoms with Crippen LogP contribution >= 0.6 is 24.0 Å². The standard InChI is InChI=1S/C18H32N4O2S.HI/c1-6-16-9-11-17(12-10-16)15-21(4)18(19-3)20-13-8-14-22(7-2)25(5,23)24;/h9-12H,6-8,13-15H2,1-5H3,(H,19,20);1H. The predicted octanol–water partition coefficient (Wildman–Crippen LogP) is 2.55. The molecule has 8 heteroatoms. The lowest BCUT2D eigenvalue weighted by Crippen LogP contribution is -2.40. The molecule has 0 atom stereocenters. The lowest BCUT2D eigenvalue weighted by molar-refractivity contribution is 0.419. The summed E-state index contributed by atoms with van der Waals surface area (Å²) in [6, 6.07) is 8.61. The Kier molecular flexibility index (Phi) is 12.1. The molecule has 150 valence electrons. The molecule has 6 nitrogen and oxygen atoms in total. The minimum atomic E-state index is -3.12. The molecule has 0 aromatic heterocycles. The van der Waals surface area contributed by atoms with E-state index in [0.717, 1.165) is 25.3 Å². The van der Waals surface area contributed by atoms with Gasteiger partial charge >= 0.3 is 0 Å². The van der Waals surface area contributed by atoms with Crippen LogP contribution in [0.15, 0.2) is 29.3 Å². The fourth-order valence-corrected chi connectivity index (χ4v) is 3.56. The van der Waals surface area contributed by atoms with Gasteiger partial charge in [-0.15, -0.1) is 24.0 Å². The molecule has 0 aliphatic heterocycles. The first kappa shape index (κ1) is 25.1. The molecule has 0 aliphatic rings. The van der Waals surface area contributed by atoms with Crippen LogP contribution < -0.4 is 5.32 Å². The summed E-state index contributed by atoms with van der Waals surface area (Å²) in [5, 5.41) is 3.30. The van der Waals surface area contributed by atoms with Crippen molar-refractivity contribution in [2.45, 2.75) is 33.2 Å². The highest BCUT2D eigenvalue weighted by molar-refractivity contribution is 14.0. The molecule has 0 fully saturated rings. The van der Waals surface area contributed by atoms with E-state index in [1.165, 1.54) is 21.7 Å². The van der Waals surface area contributed by atoms with Crippen LogP contribution in [-0.4, -0.2) is 63.6 Å². The molecule has 0 bridgehead atoms. The van der Waals surface area contributed by atoms with E-state index in [9.17, 15) is 8.42 Å². The first-order valence-electron chi connectivity index (χ1n) is 8.76. The Labute approximate surface area is 176 Å². The molecule has 1 aromatic carbocycles. The maximum absolute atomic E-state index is 11.6. The van der Waals surface area contributed by atoms with E-state index in [0.29, 0.717) is 19.6 Å². The lowest BCUT2D eigenvalue weighted by atomic mass is 10.1. The molecule has 0 heterocycles. The van der Waals surface area contributed by atoms with Gasteiger partial charge < -0.3 is 10.2 Å². The van der Waals surface area contributed by atoms with Crippen molar-refractivity contribution in [3.63, 3.8) is 0 Å². The van der Waals surface area contributed by atoms with Gasteiger partial charge in [-0.2, -0.15) is 0 Å². The number of guanidine groups is 1. The highest BCUT2D eigenvalue weighted by Crippen LogP contribution is 2.07. The molecule has 0 unspecified atom stereocenters. The van der Waals surface area contributed by atoms with E-state index < -0.39 is 10.0 Å². The smallest absolute Gasteiger partial charge is 0.211 e. The number of nitrogens with one attached hydrogen (secondary N) is 1. The van der Waals surface area contributed by atoms with E-state index >= 15 is 0 Å². The SMILES string of the molecule is CCc1ccc(CN(C)C(=NC)NCCCN(CC)S(C)(=O)=O)cc1.I. The van der Waals surface area contributed by atoms with Gasteiger partial charge in [0.05, 0.1) is 6.26 Å². The van der Waals surface area contributed by atoms with E-state index in [1.807, 2.05) is 14.0 Å². The van der Waals surface area contributed by atoms with Gasteiger partial charge in [0.25, 0.3) is 0 Å². The lowest BCUT2D eigenvalue weighted by Gasteiger charge is -2.23. The van der Waals surface area contributed by atoms with Gasteiger partial charge in [0.1, 0.15) is 0 Å². The average Bonchev–Trinajstić information content (AvgIpc) is 2.57. The second-order valence-corrected chi connectivity index (χ2v) is 8.09. The fraction of sp³-hybridized carbons (Fsp3) is 0.611. The molecule has 1 N–H and O–H groups in total. The summed E-state index contributed by atoms with van der Waals surface area (Å²) >= 11 is 0. The normalized spacial score (nSPS) is 12.0. The van der Waals surface area contributed by atoms with Gasteiger partial charge in [-0.05, 0) is 24.0 Å². The number of aliphatic imine (C=N–C) groups is 1. The zero-order chi connectivity index (χ0) is 18.9. The highest BCUT2D eigenvalue weighted by atomic mass is 127. The second-order valence-electron chi connectivity index (χ2n) is 6.11. The average molecular weight is 496 g/mol. The Hall–Kier alpha value is -0.870. The van der Waals surface area contributed by atoms with Gasteiger partial charge in [0.2, 0.25) is 10.0 Å². The number of nitrogens with zero attached hydrogens (tertiary/aromatic N) is 3. The Bertz CT molecular complexity index is 648. The molecule has 0 aliphatic carbocycles. The molecule has 0 radical (unpaired) electrons. The molecular formula is C18H33IN4O2S. The van der Waals surface area contributed by atoms with Gasteiger partial charge in [0, 0.05) is 40.3 Å². The van der Waals surface area contributed by atoms with Crippen LogP contribution in [0.1, 0.15) is 31.4 Å². The van der Waals surface area contributed by atoms with Crippen molar-refractivity contribution in [3.05, 3.63) is 35.4 Å². The Morgan fingerprint density at radius 3 is 2.19 bits per heavy atom. The van der Waals surface area contributed by atoms with Crippen molar-refractivity contribution in [3.8, 4) is 0 Å². The summed E-state index contributed by atoms with van der Waals surface area (Å²) in [6.07, 6.45) is 3.03. The van der Waals surface area contributed by atoms with Gasteiger partial charge in [0.15, 0.2) is 5.96 Å². The zero-order valence-corrected chi connectivity index (χ0v) is 19.7. The number of rotatable bonds is 9. The molecule has 0 spiro atoms. The number of sulfonamides is 1. The van der Waals surface area contributed by atoms with Crippen molar-refractivity contribution in [2.24, 2.45) is 4.99 Å². The number of benzene rings is 1. The molecule has 0 saturated heterocycles. The molecule has 0 amide bonds. The van der Waals surface area contributed by atoms with Crippen molar-refractivity contribution >= 4 is 40.0 Å².